The summed E-state index contributed by atoms with van der Waals surface area (Å²) in [6.45, 7) is 13.0. The van der Waals surface area contributed by atoms with Gasteiger partial charge in [0.2, 0.25) is 0 Å². The van der Waals surface area contributed by atoms with Crippen LogP contribution in [0.2, 0.25) is 0 Å². The number of urea groups is 1. The molecular formula is C29H45N3O6S. The molecule has 3 N–H and O–H groups in total. The molecule has 0 saturated carbocycles. The van der Waals surface area contributed by atoms with Gasteiger partial charge in [-0.15, -0.1) is 11.3 Å². The molecule has 2 aliphatic heterocycles. The van der Waals surface area contributed by atoms with E-state index in [0.29, 0.717) is 19.4 Å². The molecule has 2 aliphatic rings. The molecule has 7 atom stereocenters. The number of rotatable bonds is 3. The SMILES string of the molecule is CCNC(=O)N1C2CC(C(C)=Cc3csc(C)n3)OC(=O)C[C@H](O)C(C)(C)C(=O)[C@H](C)[C@@H](O)[C@@H](C)CCC[C@H]21. The Balaban J connectivity index is 1.92. The van der Waals surface area contributed by atoms with Gasteiger partial charge < -0.3 is 25.2 Å². The predicted octanol–water partition coefficient (Wildman–Crippen LogP) is 4.10. The van der Waals surface area contributed by atoms with E-state index in [1.807, 2.05) is 44.1 Å². The molecule has 0 radical (unpaired) electrons. The second-order valence-corrected chi connectivity index (χ2v) is 12.8. The normalized spacial score (nSPS) is 32.8. The summed E-state index contributed by atoms with van der Waals surface area (Å²) in [6, 6.07) is -0.255. The van der Waals surface area contributed by atoms with Crippen molar-refractivity contribution in [3.05, 3.63) is 21.7 Å². The number of aliphatic hydroxyl groups excluding tert-OH is 2. The third kappa shape index (κ3) is 7.46. The summed E-state index contributed by atoms with van der Waals surface area (Å²) in [5, 5.41) is 27.6. The van der Waals surface area contributed by atoms with Gasteiger partial charge in [-0.1, -0.05) is 34.1 Å². The van der Waals surface area contributed by atoms with E-state index in [1.54, 1.807) is 20.8 Å². The molecule has 218 valence electrons. The summed E-state index contributed by atoms with van der Waals surface area (Å²) in [7, 11) is 0. The highest BCUT2D eigenvalue weighted by Crippen LogP contribution is 2.39. The maximum atomic E-state index is 13.3. The number of aryl methyl sites for hydroxylation is 1. The Bertz CT molecular complexity index is 1070. The van der Waals surface area contributed by atoms with Gasteiger partial charge in [-0.3, -0.25) is 9.59 Å². The van der Waals surface area contributed by atoms with E-state index in [2.05, 4.69) is 10.3 Å². The van der Waals surface area contributed by atoms with Gasteiger partial charge in [-0.25, -0.2) is 9.78 Å². The molecule has 9 nitrogen and oxygen atoms in total. The predicted molar refractivity (Wildman–Crippen MR) is 151 cm³/mol. The highest BCUT2D eigenvalue weighted by atomic mass is 32.1. The highest BCUT2D eigenvalue weighted by molar-refractivity contribution is 7.09. The van der Waals surface area contributed by atoms with Crippen LogP contribution in [0.25, 0.3) is 6.08 Å². The van der Waals surface area contributed by atoms with E-state index >= 15 is 0 Å². The fourth-order valence-corrected chi connectivity index (χ4v) is 6.21. The second-order valence-electron chi connectivity index (χ2n) is 11.8. The van der Waals surface area contributed by atoms with Gasteiger partial charge in [-0.05, 0) is 51.2 Å². The van der Waals surface area contributed by atoms with Gasteiger partial charge >= 0.3 is 12.0 Å². The van der Waals surface area contributed by atoms with Gasteiger partial charge in [0.25, 0.3) is 0 Å². The van der Waals surface area contributed by atoms with Crippen LogP contribution in [0.3, 0.4) is 0 Å². The van der Waals surface area contributed by atoms with Crippen molar-refractivity contribution >= 4 is 35.2 Å². The molecule has 2 unspecified atom stereocenters. The summed E-state index contributed by atoms with van der Waals surface area (Å²) in [5.41, 5.74) is 0.330. The Kier molecular flexibility index (Phi) is 10.3. The lowest BCUT2D eigenvalue weighted by Gasteiger charge is -2.34. The lowest BCUT2D eigenvalue weighted by atomic mass is 9.73. The van der Waals surface area contributed by atoms with Crippen LogP contribution in [0.1, 0.15) is 84.3 Å². The highest BCUT2D eigenvalue weighted by Gasteiger charge is 2.51. The molecule has 0 spiro atoms. The average Bonchev–Trinajstić information content (AvgIpc) is 3.39. The van der Waals surface area contributed by atoms with Crippen LogP contribution >= 0.6 is 11.3 Å². The van der Waals surface area contributed by atoms with Gasteiger partial charge in [0.15, 0.2) is 0 Å². The molecule has 2 amide bonds. The number of cyclic esters (lactones) is 1. The first-order chi connectivity index (χ1) is 18.3. The standard InChI is InChI=1S/C29H45N3O6S/c1-8-30-28(37)32-21-11-9-10-16(2)26(35)18(4)27(36)29(6,7)24(33)14-25(34)38-23(13-22(21)32)17(3)12-20-15-39-19(5)31-20/h12,15-16,18,21-24,26,33,35H,8-11,13-14H2,1-7H3,(H,30,37)/t16-,18+,21+,22?,23?,24-,26-,32?/m0/s1. The van der Waals surface area contributed by atoms with E-state index in [1.165, 1.54) is 11.3 Å². The van der Waals surface area contributed by atoms with Crippen molar-refractivity contribution in [2.24, 2.45) is 17.3 Å². The molecule has 0 aromatic carbocycles. The van der Waals surface area contributed by atoms with Gasteiger partial charge in [0, 0.05) is 24.3 Å². The van der Waals surface area contributed by atoms with Crippen molar-refractivity contribution in [1.82, 2.24) is 15.2 Å². The average molecular weight is 564 g/mol. The Hall–Kier alpha value is -2.30. The minimum atomic E-state index is -1.28. The topological polar surface area (TPSA) is 129 Å². The quantitative estimate of drug-likeness (QED) is 0.373. The van der Waals surface area contributed by atoms with Crippen LogP contribution in [0.15, 0.2) is 11.0 Å². The number of carbonyl (C=O) groups is 3. The summed E-state index contributed by atoms with van der Waals surface area (Å²) >= 11 is 1.53. The lowest BCUT2D eigenvalue weighted by Crippen LogP contribution is -2.45. The number of ketones is 1. The van der Waals surface area contributed by atoms with Crippen LogP contribution in [0.5, 0.6) is 0 Å². The van der Waals surface area contributed by atoms with Crippen molar-refractivity contribution in [3.8, 4) is 0 Å². The number of esters is 1. The molecule has 0 aliphatic carbocycles. The van der Waals surface area contributed by atoms with Crippen molar-refractivity contribution < 1.29 is 29.3 Å². The van der Waals surface area contributed by atoms with Crippen molar-refractivity contribution in [2.75, 3.05) is 6.54 Å². The number of carbonyl (C=O) groups excluding carboxylic acids is 3. The molecule has 2 fully saturated rings. The lowest BCUT2D eigenvalue weighted by molar-refractivity contribution is -0.154. The Labute approximate surface area is 236 Å². The number of Topliss-reactive ketones (excluding diaryl/α,β-unsaturated/α-hetero) is 1. The zero-order valence-corrected chi connectivity index (χ0v) is 25.1. The van der Waals surface area contributed by atoms with Crippen LogP contribution in [-0.4, -0.2) is 74.8 Å². The molecule has 3 heterocycles. The van der Waals surface area contributed by atoms with Crippen molar-refractivity contribution in [3.63, 3.8) is 0 Å². The number of aromatic nitrogens is 1. The number of fused-ring (bicyclic) bond motifs is 1. The number of hydrogen-bond acceptors (Lipinski definition) is 8. The first-order valence-electron chi connectivity index (χ1n) is 14.0. The number of nitrogens with one attached hydrogen (secondary N) is 1. The molecule has 3 rings (SSSR count). The molecule has 39 heavy (non-hydrogen) atoms. The van der Waals surface area contributed by atoms with E-state index in [-0.39, 0.29) is 36.2 Å². The first kappa shape index (κ1) is 31.2. The molecule has 2 saturated heterocycles. The van der Waals surface area contributed by atoms with Crippen LogP contribution in [-0.2, 0) is 14.3 Å². The van der Waals surface area contributed by atoms with E-state index in [9.17, 15) is 24.6 Å². The summed E-state index contributed by atoms with van der Waals surface area (Å²) in [6.07, 6.45) is 1.42. The molecule has 1 aromatic heterocycles. The summed E-state index contributed by atoms with van der Waals surface area (Å²) in [5.74, 6) is -1.74. The summed E-state index contributed by atoms with van der Waals surface area (Å²) in [4.78, 5) is 45.6. The zero-order valence-electron chi connectivity index (χ0n) is 24.3. The van der Waals surface area contributed by atoms with Crippen molar-refractivity contribution in [1.29, 1.82) is 0 Å². The number of nitrogens with zero attached hydrogens (tertiary/aromatic N) is 2. The fourth-order valence-electron chi connectivity index (χ4n) is 5.64. The number of thiazole rings is 1. The van der Waals surface area contributed by atoms with Crippen LogP contribution in [0, 0.1) is 24.2 Å². The van der Waals surface area contributed by atoms with Crippen LogP contribution < -0.4 is 5.32 Å². The zero-order chi connectivity index (χ0) is 29.1. The van der Waals surface area contributed by atoms with E-state index < -0.39 is 35.6 Å². The first-order valence-corrected chi connectivity index (χ1v) is 14.9. The monoisotopic (exact) mass is 563 g/mol. The van der Waals surface area contributed by atoms with E-state index in [0.717, 1.165) is 29.1 Å². The smallest absolute Gasteiger partial charge is 0.318 e. The number of aliphatic hydroxyl groups is 2. The second kappa shape index (κ2) is 12.9. The number of ether oxygens (including phenoxy) is 1. The van der Waals surface area contributed by atoms with Crippen molar-refractivity contribution in [2.45, 2.75) is 111 Å². The van der Waals surface area contributed by atoms with Crippen LogP contribution in [0.4, 0.5) is 4.79 Å². The molecule has 1 aromatic rings. The third-order valence-corrected chi connectivity index (χ3v) is 9.17. The largest absolute Gasteiger partial charge is 0.458 e. The minimum Gasteiger partial charge on any atom is -0.458 e. The number of hydrogen-bond donors (Lipinski definition) is 3. The molecule has 0 bridgehead atoms. The maximum absolute atomic E-state index is 13.3. The minimum absolute atomic E-state index is 0.00658. The van der Waals surface area contributed by atoms with Gasteiger partial charge in [0.1, 0.15) is 11.9 Å². The molecule has 10 heteroatoms. The Morgan fingerprint density at radius 1 is 1.26 bits per heavy atom. The van der Waals surface area contributed by atoms with E-state index in [4.69, 9.17) is 4.74 Å². The maximum Gasteiger partial charge on any atom is 0.318 e. The fraction of sp³-hybridized carbons (Fsp3) is 0.724. The van der Waals surface area contributed by atoms with Gasteiger partial charge in [-0.2, -0.15) is 0 Å². The third-order valence-electron chi connectivity index (χ3n) is 8.38. The Morgan fingerprint density at radius 3 is 2.56 bits per heavy atom. The number of amides is 2. The summed E-state index contributed by atoms with van der Waals surface area (Å²) < 4.78 is 5.93. The molecular weight excluding hydrogens is 518 g/mol. The van der Waals surface area contributed by atoms with Gasteiger partial charge in [0.05, 0.1) is 46.8 Å². The Morgan fingerprint density at radius 2 is 1.95 bits per heavy atom.